The van der Waals surface area contributed by atoms with Crippen molar-refractivity contribution in [2.75, 3.05) is 18.0 Å². The molecule has 1 aromatic carbocycles. The summed E-state index contributed by atoms with van der Waals surface area (Å²) in [7, 11) is 0. The molecule has 1 aromatic rings. The third-order valence-electron chi connectivity index (χ3n) is 2.35. The van der Waals surface area contributed by atoms with E-state index in [9.17, 15) is 10.1 Å². The number of hydrogen-bond donors (Lipinski definition) is 0. The van der Waals surface area contributed by atoms with Crippen LogP contribution in [0, 0.1) is 21.4 Å². The summed E-state index contributed by atoms with van der Waals surface area (Å²) in [5, 5.41) is 19.5. The van der Waals surface area contributed by atoms with Gasteiger partial charge in [-0.15, -0.1) is 0 Å². The van der Waals surface area contributed by atoms with Gasteiger partial charge in [0.1, 0.15) is 5.69 Å². The molecule has 0 unspecified atom stereocenters. The Labute approximate surface area is 108 Å². The first kappa shape index (κ1) is 13.5. The van der Waals surface area contributed by atoms with E-state index in [1.807, 2.05) is 17.9 Å². The largest absolute Gasteiger partial charge is 0.365 e. The molecule has 0 aliphatic carbocycles. The van der Waals surface area contributed by atoms with E-state index < -0.39 is 4.92 Å². The maximum absolute atomic E-state index is 10.9. The minimum absolute atomic E-state index is 0.0630. The zero-order valence-corrected chi connectivity index (χ0v) is 11.0. The van der Waals surface area contributed by atoms with Crippen LogP contribution in [-0.4, -0.2) is 18.0 Å². The van der Waals surface area contributed by atoms with Crippen molar-refractivity contribution in [1.29, 1.82) is 5.26 Å². The molecular weight excluding hydrogens is 286 g/mol. The summed E-state index contributed by atoms with van der Waals surface area (Å²) in [4.78, 5) is 12.3. The zero-order valence-electron chi connectivity index (χ0n) is 9.39. The lowest BCUT2D eigenvalue weighted by atomic mass is 10.2. The van der Waals surface area contributed by atoms with E-state index in [0.29, 0.717) is 25.2 Å². The molecule has 0 aliphatic heterocycles. The molecule has 90 valence electrons. The summed E-state index contributed by atoms with van der Waals surface area (Å²) in [5.74, 6) is 0. The van der Waals surface area contributed by atoms with E-state index in [1.54, 1.807) is 12.1 Å². The van der Waals surface area contributed by atoms with Gasteiger partial charge in [-0.25, -0.2) is 0 Å². The molecule has 0 aromatic heterocycles. The number of nitriles is 1. The molecule has 0 fully saturated rings. The molecule has 5 nitrogen and oxygen atoms in total. The van der Waals surface area contributed by atoms with Crippen LogP contribution in [0.4, 0.5) is 11.4 Å². The van der Waals surface area contributed by atoms with Gasteiger partial charge in [-0.1, -0.05) is 15.9 Å². The molecule has 0 radical (unpaired) electrons. The Balaban J connectivity index is 3.12. The van der Waals surface area contributed by atoms with Crippen LogP contribution in [0.15, 0.2) is 22.7 Å². The number of benzene rings is 1. The lowest BCUT2D eigenvalue weighted by Crippen LogP contribution is -2.24. The Morgan fingerprint density at radius 2 is 2.29 bits per heavy atom. The molecular formula is C11H12BrN3O2. The molecule has 0 atom stereocenters. The summed E-state index contributed by atoms with van der Waals surface area (Å²) < 4.78 is 0.786. The zero-order chi connectivity index (χ0) is 12.8. The highest BCUT2D eigenvalue weighted by atomic mass is 79.9. The number of anilines is 1. The van der Waals surface area contributed by atoms with Crippen LogP contribution in [0.25, 0.3) is 0 Å². The highest BCUT2D eigenvalue weighted by molar-refractivity contribution is 9.10. The Kier molecular flexibility index (Phi) is 4.91. The van der Waals surface area contributed by atoms with Crippen molar-refractivity contribution >= 4 is 27.3 Å². The number of nitro benzene ring substituents is 1. The summed E-state index contributed by atoms with van der Waals surface area (Å²) in [6.07, 6.45) is 0.345. The van der Waals surface area contributed by atoms with Gasteiger partial charge in [0, 0.05) is 23.6 Å². The quantitative estimate of drug-likeness (QED) is 0.618. The number of rotatable bonds is 5. The van der Waals surface area contributed by atoms with Gasteiger partial charge in [-0.3, -0.25) is 10.1 Å². The molecule has 0 N–H and O–H groups in total. The molecule has 0 aliphatic rings. The third kappa shape index (κ3) is 3.43. The van der Waals surface area contributed by atoms with Crippen molar-refractivity contribution in [1.82, 2.24) is 0 Å². The van der Waals surface area contributed by atoms with Gasteiger partial charge in [0.2, 0.25) is 0 Å². The van der Waals surface area contributed by atoms with E-state index >= 15 is 0 Å². The van der Waals surface area contributed by atoms with Crippen molar-refractivity contribution in [3.63, 3.8) is 0 Å². The fraction of sp³-hybridized carbons (Fsp3) is 0.364. The van der Waals surface area contributed by atoms with Gasteiger partial charge in [-0.05, 0) is 19.1 Å². The van der Waals surface area contributed by atoms with Gasteiger partial charge < -0.3 is 4.90 Å². The molecule has 17 heavy (non-hydrogen) atoms. The monoisotopic (exact) mass is 297 g/mol. The standard InChI is InChI=1S/C11H12BrN3O2/c1-2-14(7-3-6-13)11-8-9(12)4-5-10(11)15(16)17/h4-5,8H,2-3,7H2,1H3. The molecule has 0 spiro atoms. The SMILES string of the molecule is CCN(CCC#N)c1cc(Br)ccc1[N+](=O)[O-]. The van der Waals surface area contributed by atoms with Gasteiger partial charge >= 0.3 is 0 Å². The Bertz CT molecular complexity index is 457. The summed E-state index contributed by atoms with van der Waals surface area (Å²) in [5.41, 5.74) is 0.607. The highest BCUT2D eigenvalue weighted by Gasteiger charge is 2.18. The first-order chi connectivity index (χ1) is 8.10. The second-order valence-corrected chi connectivity index (χ2v) is 4.29. The van der Waals surface area contributed by atoms with Crippen molar-refractivity contribution in [2.45, 2.75) is 13.3 Å². The van der Waals surface area contributed by atoms with Crippen LogP contribution >= 0.6 is 15.9 Å². The number of halogens is 1. The molecule has 0 saturated carbocycles. The first-order valence-electron chi connectivity index (χ1n) is 5.16. The second kappa shape index (κ2) is 6.21. The average Bonchev–Trinajstić information content (AvgIpc) is 2.29. The fourth-order valence-electron chi connectivity index (χ4n) is 1.54. The minimum atomic E-state index is -0.406. The summed E-state index contributed by atoms with van der Waals surface area (Å²) in [6.45, 7) is 3.02. The Morgan fingerprint density at radius 3 is 2.82 bits per heavy atom. The number of nitrogens with zero attached hydrogens (tertiary/aromatic N) is 3. The van der Waals surface area contributed by atoms with Crippen LogP contribution in [0.1, 0.15) is 13.3 Å². The molecule has 6 heteroatoms. The van der Waals surface area contributed by atoms with Crippen LogP contribution in [0.2, 0.25) is 0 Å². The van der Waals surface area contributed by atoms with Gasteiger partial charge in [0.25, 0.3) is 5.69 Å². The smallest absolute Gasteiger partial charge is 0.292 e. The van der Waals surface area contributed by atoms with Crippen LogP contribution in [0.5, 0.6) is 0 Å². The maximum Gasteiger partial charge on any atom is 0.292 e. The third-order valence-corrected chi connectivity index (χ3v) is 2.84. The molecule has 1 rings (SSSR count). The summed E-state index contributed by atoms with van der Waals surface area (Å²) in [6, 6.07) is 6.86. The van der Waals surface area contributed by atoms with E-state index in [-0.39, 0.29) is 5.69 Å². The van der Waals surface area contributed by atoms with E-state index in [2.05, 4.69) is 15.9 Å². The molecule has 0 bridgehead atoms. The Morgan fingerprint density at radius 1 is 1.59 bits per heavy atom. The fourth-order valence-corrected chi connectivity index (χ4v) is 1.89. The number of nitro groups is 1. The lowest BCUT2D eigenvalue weighted by Gasteiger charge is -2.21. The molecule has 0 saturated heterocycles. The Hall–Kier alpha value is -1.61. The van der Waals surface area contributed by atoms with Gasteiger partial charge in [0.05, 0.1) is 17.4 Å². The topological polar surface area (TPSA) is 70.2 Å². The van der Waals surface area contributed by atoms with E-state index in [4.69, 9.17) is 5.26 Å². The second-order valence-electron chi connectivity index (χ2n) is 3.38. The van der Waals surface area contributed by atoms with Crippen LogP contribution in [0.3, 0.4) is 0 Å². The van der Waals surface area contributed by atoms with Gasteiger partial charge in [0.15, 0.2) is 0 Å². The van der Waals surface area contributed by atoms with Gasteiger partial charge in [-0.2, -0.15) is 5.26 Å². The highest BCUT2D eigenvalue weighted by Crippen LogP contribution is 2.31. The van der Waals surface area contributed by atoms with Crippen molar-refractivity contribution in [3.05, 3.63) is 32.8 Å². The minimum Gasteiger partial charge on any atom is -0.365 e. The normalized spacial score (nSPS) is 9.71. The van der Waals surface area contributed by atoms with E-state index in [0.717, 1.165) is 4.47 Å². The summed E-state index contributed by atoms with van der Waals surface area (Å²) >= 11 is 3.30. The van der Waals surface area contributed by atoms with E-state index in [1.165, 1.54) is 6.07 Å². The predicted octanol–water partition coefficient (Wildman–Crippen LogP) is 3.10. The van der Waals surface area contributed by atoms with Crippen LogP contribution < -0.4 is 4.90 Å². The average molecular weight is 298 g/mol. The molecule has 0 amide bonds. The first-order valence-corrected chi connectivity index (χ1v) is 5.95. The maximum atomic E-state index is 10.9. The van der Waals surface area contributed by atoms with Crippen molar-refractivity contribution in [2.24, 2.45) is 0 Å². The van der Waals surface area contributed by atoms with Crippen LogP contribution in [-0.2, 0) is 0 Å². The van der Waals surface area contributed by atoms with Crippen molar-refractivity contribution in [3.8, 4) is 6.07 Å². The number of hydrogen-bond acceptors (Lipinski definition) is 4. The molecule has 0 heterocycles. The van der Waals surface area contributed by atoms with Crippen molar-refractivity contribution < 1.29 is 4.92 Å². The predicted molar refractivity (Wildman–Crippen MR) is 68.9 cm³/mol. The lowest BCUT2D eigenvalue weighted by molar-refractivity contribution is -0.384.